The van der Waals surface area contributed by atoms with E-state index in [9.17, 15) is 0 Å². The quantitative estimate of drug-likeness (QED) is 0.921. The minimum atomic E-state index is 0.350. The Morgan fingerprint density at radius 3 is 2.69 bits per heavy atom. The molecule has 0 bridgehead atoms. The molecule has 1 heterocycles. The van der Waals surface area contributed by atoms with Crippen molar-refractivity contribution in [2.75, 3.05) is 26.0 Å². The van der Waals surface area contributed by atoms with Crippen LogP contribution in [0.4, 0.5) is 5.69 Å². The molecule has 3 nitrogen and oxygen atoms in total. The molecule has 0 unspecified atom stereocenters. The van der Waals surface area contributed by atoms with E-state index in [-0.39, 0.29) is 0 Å². The van der Waals surface area contributed by atoms with Gasteiger partial charge in [0, 0.05) is 22.8 Å². The van der Waals surface area contributed by atoms with Crippen molar-refractivity contribution < 1.29 is 0 Å². The van der Waals surface area contributed by atoms with Crippen molar-refractivity contribution in [3.8, 4) is 0 Å². The summed E-state index contributed by atoms with van der Waals surface area (Å²) in [6.07, 6.45) is 7.59. The number of nitrogens with zero attached hydrogens (tertiary/aromatic N) is 2. The fourth-order valence-electron chi connectivity index (χ4n) is 2.14. The minimum Gasteiger partial charge on any atom is -0.382 e. The molecule has 1 aromatic rings. The number of hydrogen-bond donors (Lipinski definition) is 1. The highest BCUT2D eigenvalue weighted by molar-refractivity contribution is 9.10. The number of likely N-dealkylation sites (N-methyl/N-ethyl adjacent to an activating group) is 1. The molecule has 0 atom stereocenters. The van der Waals surface area contributed by atoms with Gasteiger partial charge in [0.25, 0.3) is 0 Å². The smallest absolute Gasteiger partial charge is 0.0538 e. The van der Waals surface area contributed by atoms with Crippen molar-refractivity contribution >= 4 is 21.6 Å². The number of aromatic nitrogens is 1. The summed E-state index contributed by atoms with van der Waals surface area (Å²) in [4.78, 5) is 6.49. The molecular weight excluding hydrogens is 266 g/mol. The van der Waals surface area contributed by atoms with Gasteiger partial charge in [-0.1, -0.05) is 0 Å². The second-order valence-electron chi connectivity index (χ2n) is 4.72. The molecule has 1 aliphatic carbocycles. The lowest BCUT2D eigenvalue weighted by Gasteiger charge is -2.47. The molecule has 1 saturated carbocycles. The van der Waals surface area contributed by atoms with E-state index in [1.54, 1.807) is 6.20 Å². The van der Waals surface area contributed by atoms with Crippen molar-refractivity contribution in [1.29, 1.82) is 0 Å². The number of nitrogens with one attached hydrogen (secondary N) is 1. The number of rotatable bonds is 4. The molecule has 1 aliphatic rings. The Morgan fingerprint density at radius 1 is 1.44 bits per heavy atom. The van der Waals surface area contributed by atoms with Crippen LogP contribution in [0.2, 0.25) is 0 Å². The highest BCUT2D eigenvalue weighted by Crippen LogP contribution is 2.36. The average Bonchev–Trinajstić information content (AvgIpc) is 2.15. The molecule has 0 amide bonds. The second kappa shape index (κ2) is 4.72. The molecule has 0 spiro atoms. The van der Waals surface area contributed by atoms with Crippen molar-refractivity contribution in [2.24, 2.45) is 0 Å². The molecule has 0 saturated heterocycles. The SMILES string of the molecule is CN(C)C1(CNc2cncc(Br)c2)CCC1. The highest BCUT2D eigenvalue weighted by atomic mass is 79.9. The Balaban J connectivity index is 1.96. The third kappa shape index (κ3) is 2.38. The number of hydrogen-bond acceptors (Lipinski definition) is 3. The normalized spacial score (nSPS) is 18.2. The Morgan fingerprint density at radius 2 is 2.19 bits per heavy atom. The topological polar surface area (TPSA) is 28.2 Å². The maximum atomic E-state index is 4.15. The van der Waals surface area contributed by atoms with Gasteiger partial charge < -0.3 is 10.2 Å². The van der Waals surface area contributed by atoms with Gasteiger partial charge in [-0.2, -0.15) is 0 Å². The maximum absolute atomic E-state index is 4.15. The van der Waals surface area contributed by atoms with Crippen LogP contribution in [0.5, 0.6) is 0 Å². The number of anilines is 1. The van der Waals surface area contributed by atoms with Crippen LogP contribution in [0.15, 0.2) is 22.9 Å². The van der Waals surface area contributed by atoms with Crippen LogP contribution in [0.25, 0.3) is 0 Å². The van der Waals surface area contributed by atoms with Crippen molar-refractivity contribution in [2.45, 2.75) is 24.8 Å². The van der Waals surface area contributed by atoms with Crippen LogP contribution in [0.3, 0.4) is 0 Å². The second-order valence-corrected chi connectivity index (χ2v) is 5.63. The van der Waals surface area contributed by atoms with Gasteiger partial charge in [0.2, 0.25) is 0 Å². The van der Waals surface area contributed by atoms with Gasteiger partial charge in [0.05, 0.1) is 11.9 Å². The molecule has 88 valence electrons. The van der Waals surface area contributed by atoms with Crippen LogP contribution < -0.4 is 5.32 Å². The molecule has 1 aromatic heterocycles. The minimum absolute atomic E-state index is 0.350. The zero-order valence-corrected chi connectivity index (χ0v) is 11.4. The molecular formula is C12H18BrN3. The summed E-state index contributed by atoms with van der Waals surface area (Å²) in [6.45, 7) is 0.998. The maximum Gasteiger partial charge on any atom is 0.0538 e. The molecule has 0 aliphatic heterocycles. The average molecular weight is 284 g/mol. The number of pyridine rings is 1. The van der Waals surface area contributed by atoms with E-state index < -0.39 is 0 Å². The van der Waals surface area contributed by atoms with Gasteiger partial charge in [0.15, 0.2) is 0 Å². The number of halogens is 1. The van der Waals surface area contributed by atoms with Crippen LogP contribution in [-0.2, 0) is 0 Å². The van der Waals surface area contributed by atoms with Gasteiger partial charge >= 0.3 is 0 Å². The largest absolute Gasteiger partial charge is 0.382 e. The molecule has 0 radical (unpaired) electrons. The van der Waals surface area contributed by atoms with E-state index in [0.717, 1.165) is 16.7 Å². The fraction of sp³-hybridized carbons (Fsp3) is 0.583. The van der Waals surface area contributed by atoms with Crippen LogP contribution >= 0.6 is 15.9 Å². The Kier molecular flexibility index (Phi) is 3.50. The van der Waals surface area contributed by atoms with Crippen molar-refractivity contribution in [1.82, 2.24) is 9.88 Å². The fourth-order valence-corrected chi connectivity index (χ4v) is 2.51. The summed E-state index contributed by atoms with van der Waals surface area (Å²) in [5.41, 5.74) is 1.44. The molecule has 1 N–H and O–H groups in total. The molecule has 16 heavy (non-hydrogen) atoms. The van der Waals surface area contributed by atoms with E-state index >= 15 is 0 Å². The first-order valence-electron chi connectivity index (χ1n) is 5.64. The molecule has 2 rings (SSSR count). The van der Waals surface area contributed by atoms with E-state index in [0.29, 0.717) is 5.54 Å². The Bertz CT molecular complexity index is 361. The Hall–Kier alpha value is -0.610. The van der Waals surface area contributed by atoms with Gasteiger partial charge in [0.1, 0.15) is 0 Å². The lowest BCUT2D eigenvalue weighted by molar-refractivity contribution is 0.0739. The first kappa shape index (κ1) is 11.9. The third-order valence-electron chi connectivity index (χ3n) is 3.56. The lowest BCUT2D eigenvalue weighted by atomic mass is 9.75. The molecule has 0 aromatic carbocycles. The molecule has 4 heteroatoms. The molecule has 1 fully saturated rings. The van der Waals surface area contributed by atoms with Gasteiger partial charge in [-0.05, 0) is 55.4 Å². The van der Waals surface area contributed by atoms with Crippen LogP contribution in [0.1, 0.15) is 19.3 Å². The van der Waals surface area contributed by atoms with E-state index in [4.69, 9.17) is 0 Å². The summed E-state index contributed by atoms with van der Waals surface area (Å²) in [5.74, 6) is 0. The van der Waals surface area contributed by atoms with E-state index in [1.165, 1.54) is 19.3 Å². The summed E-state index contributed by atoms with van der Waals surface area (Å²) in [7, 11) is 4.33. The summed E-state index contributed by atoms with van der Waals surface area (Å²) in [5, 5.41) is 3.48. The van der Waals surface area contributed by atoms with Crippen LogP contribution in [-0.4, -0.2) is 36.1 Å². The van der Waals surface area contributed by atoms with Gasteiger partial charge in [-0.15, -0.1) is 0 Å². The van der Waals surface area contributed by atoms with Crippen LogP contribution in [0, 0.1) is 0 Å². The summed E-state index contributed by atoms with van der Waals surface area (Å²) >= 11 is 3.43. The predicted octanol–water partition coefficient (Wildman–Crippen LogP) is 2.74. The Labute approximate surface area is 105 Å². The van der Waals surface area contributed by atoms with Crippen molar-refractivity contribution in [3.63, 3.8) is 0 Å². The zero-order valence-electron chi connectivity index (χ0n) is 9.83. The summed E-state index contributed by atoms with van der Waals surface area (Å²) < 4.78 is 1.02. The predicted molar refractivity (Wildman–Crippen MR) is 70.7 cm³/mol. The summed E-state index contributed by atoms with van der Waals surface area (Å²) in [6, 6.07) is 2.06. The lowest BCUT2D eigenvalue weighted by Crippen LogP contribution is -2.54. The van der Waals surface area contributed by atoms with E-state index in [2.05, 4.69) is 51.3 Å². The highest BCUT2D eigenvalue weighted by Gasteiger charge is 2.38. The van der Waals surface area contributed by atoms with Gasteiger partial charge in [-0.25, -0.2) is 0 Å². The van der Waals surface area contributed by atoms with Crippen molar-refractivity contribution in [3.05, 3.63) is 22.9 Å². The standard InChI is InChI=1S/C12H18BrN3/c1-16(2)12(4-3-5-12)9-15-11-6-10(13)7-14-8-11/h6-8,15H,3-5,9H2,1-2H3. The van der Waals surface area contributed by atoms with E-state index in [1.807, 2.05) is 6.20 Å². The monoisotopic (exact) mass is 283 g/mol. The zero-order chi connectivity index (χ0) is 11.6. The van der Waals surface area contributed by atoms with Gasteiger partial charge in [-0.3, -0.25) is 4.98 Å². The first-order chi connectivity index (χ1) is 7.62. The first-order valence-corrected chi connectivity index (χ1v) is 6.44. The third-order valence-corrected chi connectivity index (χ3v) is 3.99.